The Bertz CT molecular complexity index is 2110. The van der Waals surface area contributed by atoms with E-state index in [4.69, 9.17) is 14.5 Å². The molecule has 56 heavy (non-hydrogen) atoms. The van der Waals surface area contributed by atoms with E-state index in [-0.39, 0.29) is 42.6 Å². The van der Waals surface area contributed by atoms with Crippen molar-refractivity contribution in [2.45, 2.75) is 91.6 Å². The predicted molar refractivity (Wildman–Crippen MR) is 217 cm³/mol. The molecule has 6 rings (SSSR count). The minimum atomic E-state index is -1.13. The number of benzene rings is 2. The van der Waals surface area contributed by atoms with Crippen molar-refractivity contribution in [3.63, 3.8) is 0 Å². The van der Waals surface area contributed by atoms with E-state index in [9.17, 15) is 14.4 Å². The number of hydrazine groups is 1. The number of nitrogens with one attached hydrogen (secondary N) is 2. The van der Waals surface area contributed by atoms with E-state index in [1.54, 1.807) is 27.2 Å². The van der Waals surface area contributed by atoms with Gasteiger partial charge in [0.1, 0.15) is 18.7 Å². The number of esters is 1. The van der Waals surface area contributed by atoms with Gasteiger partial charge in [-0.25, -0.2) is 5.43 Å². The molecule has 1 saturated heterocycles. The Morgan fingerprint density at radius 2 is 1.82 bits per heavy atom. The number of amides is 2. The van der Waals surface area contributed by atoms with Gasteiger partial charge in [-0.1, -0.05) is 44.2 Å². The van der Waals surface area contributed by atoms with E-state index in [1.807, 2.05) is 94.4 Å². The maximum Gasteiger partial charge on any atom is 0.324 e. The molecule has 0 radical (unpaired) electrons. The van der Waals surface area contributed by atoms with Gasteiger partial charge in [-0.3, -0.25) is 34.1 Å². The Morgan fingerprint density at radius 3 is 2.52 bits per heavy atom. The number of pyridine rings is 1. The molecule has 2 aromatic carbocycles. The van der Waals surface area contributed by atoms with Gasteiger partial charge in [-0.15, -0.1) is 0 Å². The Balaban J connectivity index is 1.55. The monoisotopic (exact) mass is 764 g/mol. The molecule has 4 heterocycles. The molecule has 298 valence electrons. The Labute approximate surface area is 329 Å². The number of Topliss-reactive ketones (excluding diaryl/α,β-unsaturated/α-hetero) is 1. The summed E-state index contributed by atoms with van der Waals surface area (Å²) in [5, 5.41) is 5.28. The van der Waals surface area contributed by atoms with Crippen molar-refractivity contribution in [3.8, 4) is 22.4 Å². The molecule has 2 aromatic heterocycles. The predicted octanol–water partition coefficient (Wildman–Crippen LogP) is 5.97. The number of carbonyl (C=O) groups is 4. The largest absolute Gasteiger partial charge is 0.463 e. The normalized spacial score (nSPS) is 20.2. The summed E-state index contributed by atoms with van der Waals surface area (Å²) in [5.74, 6) is -1.30. The van der Waals surface area contributed by atoms with Crippen LogP contribution in [0.25, 0.3) is 33.3 Å². The third kappa shape index (κ3) is 8.00. The lowest BCUT2D eigenvalue weighted by Gasteiger charge is -2.36. The van der Waals surface area contributed by atoms with Crippen LogP contribution in [0.1, 0.15) is 82.1 Å². The fraction of sp³-hybridized carbons (Fsp3) is 0.477. The minimum absolute atomic E-state index is 0.00190. The van der Waals surface area contributed by atoms with Gasteiger partial charge in [-0.05, 0) is 102 Å². The molecule has 0 spiro atoms. The van der Waals surface area contributed by atoms with E-state index in [0.717, 1.165) is 38.9 Å². The average molecular weight is 765 g/mol. The van der Waals surface area contributed by atoms with Crippen molar-refractivity contribution in [3.05, 3.63) is 77.6 Å². The molecule has 2 aliphatic heterocycles. The van der Waals surface area contributed by atoms with Crippen LogP contribution >= 0.6 is 0 Å². The van der Waals surface area contributed by atoms with Crippen LogP contribution in [0, 0.1) is 11.3 Å². The number of hydrogen-bond donors (Lipinski definition) is 2. The first kappa shape index (κ1) is 40.7. The maximum atomic E-state index is 15.1. The highest BCUT2D eigenvalue weighted by Crippen LogP contribution is 2.42. The zero-order chi connectivity index (χ0) is 40.5. The standard InChI is InChI=1S/C44H56N6O6/c1-10-49-35-19-18-30-24-32(35)36(39(49)31-16-12-20-45-37(31)27(4)55-9)40(51)44(5,6)25-56-43(54)33-17-13-21-50(47-33)42(53)34(23-28-14-11-15-29(30)22-28)46-41(52)38(26(2)3)48(7)8/h11-12,14-16,18-20,22,24,26-27,33-34,38,47H,10,13,17,21,23,25H2,1-9H3,(H,46,52)/t27?,33-,34?,38?/m0/s1. The van der Waals surface area contributed by atoms with Gasteiger partial charge in [0.05, 0.1) is 34.5 Å². The van der Waals surface area contributed by atoms with Crippen LogP contribution in [0.2, 0.25) is 0 Å². The number of aromatic nitrogens is 2. The molecular formula is C44H56N6O6. The molecule has 0 saturated carbocycles. The third-order valence-corrected chi connectivity index (χ3v) is 11.1. The highest BCUT2D eigenvalue weighted by Gasteiger charge is 2.39. The first-order valence-electron chi connectivity index (χ1n) is 19.7. The van der Waals surface area contributed by atoms with Gasteiger partial charge < -0.3 is 19.4 Å². The third-order valence-electron chi connectivity index (χ3n) is 11.1. The smallest absolute Gasteiger partial charge is 0.324 e. The molecule has 2 N–H and O–H groups in total. The van der Waals surface area contributed by atoms with Gasteiger partial charge in [0.15, 0.2) is 5.78 Å². The molecular weight excluding hydrogens is 709 g/mol. The number of aryl methyl sites for hydroxylation is 1. The lowest BCUT2D eigenvalue weighted by atomic mass is 9.82. The van der Waals surface area contributed by atoms with Gasteiger partial charge in [-0.2, -0.15) is 0 Å². The second-order valence-electron chi connectivity index (χ2n) is 16.3. The number of rotatable bonds is 8. The average Bonchev–Trinajstić information content (AvgIpc) is 3.51. The van der Waals surface area contributed by atoms with Crippen LogP contribution in [0.15, 0.2) is 60.8 Å². The number of fused-ring (bicyclic) bond motifs is 6. The van der Waals surface area contributed by atoms with E-state index >= 15 is 4.79 Å². The molecule has 12 heteroatoms. The lowest BCUT2D eigenvalue weighted by Crippen LogP contribution is -2.61. The van der Waals surface area contributed by atoms with Crippen molar-refractivity contribution in [1.29, 1.82) is 0 Å². The van der Waals surface area contributed by atoms with Crippen molar-refractivity contribution < 1.29 is 28.7 Å². The van der Waals surface area contributed by atoms with Gasteiger partial charge >= 0.3 is 5.97 Å². The van der Waals surface area contributed by atoms with Gasteiger partial charge in [0.25, 0.3) is 5.91 Å². The SMILES string of the molecule is CCn1c(-c2cccnc2C(C)OC)c2c3cc(ccc31)-c1cccc(c1)CC(NC(=O)C(C(C)C)N(C)C)C(=O)N1CCC[C@H](N1)C(=O)OCC(C)(C)C2=O. The molecule has 2 aliphatic rings. The highest BCUT2D eigenvalue weighted by atomic mass is 16.5. The number of hydrogen-bond acceptors (Lipinski definition) is 9. The molecule has 3 unspecified atom stereocenters. The van der Waals surface area contributed by atoms with E-state index in [0.29, 0.717) is 37.2 Å². The molecule has 1 fully saturated rings. The number of carbonyl (C=O) groups excluding carboxylic acids is 4. The zero-order valence-electron chi connectivity index (χ0n) is 34.1. The first-order chi connectivity index (χ1) is 26.7. The number of likely N-dealkylation sites (N-methyl/N-ethyl adjacent to an activating group) is 1. The summed E-state index contributed by atoms with van der Waals surface area (Å²) in [6.07, 6.45) is 2.61. The number of nitrogens with zero attached hydrogens (tertiary/aromatic N) is 4. The van der Waals surface area contributed by atoms with Crippen LogP contribution < -0.4 is 10.7 Å². The quantitative estimate of drug-likeness (QED) is 0.208. The fourth-order valence-electron chi connectivity index (χ4n) is 8.19. The maximum absolute atomic E-state index is 15.1. The summed E-state index contributed by atoms with van der Waals surface area (Å²) < 4.78 is 13.8. The Hall–Kier alpha value is -4.91. The summed E-state index contributed by atoms with van der Waals surface area (Å²) in [4.78, 5) is 63.5. The molecule has 4 atom stereocenters. The van der Waals surface area contributed by atoms with Crippen molar-refractivity contribution in [2.75, 3.05) is 34.4 Å². The fourth-order valence-corrected chi connectivity index (χ4v) is 8.19. The number of ketones is 1. The van der Waals surface area contributed by atoms with E-state index in [1.165, 1.54) is 5.01 Å². The van der Waals surface area contributed by atoms with Crippen LogP contribution in [-0.4, -0.2) is 95.5 Å². The van der Waals surface area contributed by atoms with Crippen molar-refractivity contribution in [2.24, 2.45) is 11.3 Å². The van der Waals surface area contributed by atoms with Crippen LogP contribution in [-0.2, 0) is 36.8 Å². The van der Waals surface area contributed by atoms with Crippen molar-refractivity contribution >= 4 is 34.5 Å². The van der Waals surface area contributed by atoms with Gasteiger partial charge in [0.2, 0.25) is 5.91 Å². The minimum Gasteiger partial charge on any atom is -0.463 e. The number of methoxy groups -OCH3 is 1. The lowest BCUT2D eigenvalue weighted by molar-refractivity contribution is -0.154. The van der Waals surface area contributed by atoms with Crippen LogP contribution in [0.5, 0.6) is 0 Å². The molecule has 0 aliphatic carbocycles. The van der Waals surface area contributed by atoms with E-state index < -0.39 is 29.5 Å². The Morgan fingerprint density at radius 1 is 1.07 bits per heavy atom. The summed E-state index contributed by atoms with van der Waals surface area (Å²) in [6, 6.07) is 15.8. The zero-order valence-corrected chi connectivity index (χ0v) is 34.1. The topological polar surface area (TPSA) is 135 Å². The summed E-state index contributed by atoms with van der Waals surface area (Å²) in [6.45, 7) is 12.3. The highest BCUT2D eigenvalue weighted by molar-refractivity contribution is 6.16. The first-order valence-corrected chi connectivity index (χ1v) is 19.7. The Kier molecular flexibility index (Phi) is 12.1. The second kappa shape index (κ2) is 16.7. The summed E-state index contributed by atoms with van der Waals surface area (Å²) in [7, 11) is 5.35. The second-order valence-corrected chi connectivity index (χ2v) is 16.3. The summed E-state index contributed by atoms with van der Waals surface area (Å²) in [5.41, 5.74) is 8.25. The van der Waals surface area contributed by atoms with Crippen molar-refractivity contribution in [1.82, 2.24) is 30.2 Å². The molecule has 2 amide bonds. The number of cyclic esters (lactones) is 1. The van der Waals surface area contributed by atoms with Crippen LogP contribution in [0.4, 0.5) is 0 Å². The number of ether oxygens (including phenoxy) is 2. The molecule has 6 bridgehead atoms. The molecule has 12 nitrogen and oxygen atoms in total. The summed E-state index contributed by atoms with van der Waals surface area (Å²) >= 11 is 0. The van der Waals surface area contributed by atoms with Crippen LogP contribution in [0.3, 0.4) is 0 Å². The molecule has 4 aromatic rings. The van der Waals surface area contributed by atoms with E-state index in [2.05, 4.69) is 22.2 Å². The van der Waals surface area contributed by atoms with Gasteiger partial charge in [0, 0.05) is 49.3 Å².